The van der Waals surface area contributed by atoms with Gasteiger partial charge in [-0.25, -0.2) is 0 Å². The quantitative estimate of drug-likeness (QED) is 0.479. The molecule has 2 aliphatic rings. The summed E-state index contributed by atoms with van der Waals surface area (Å²) in [6.07, 6.45) is 3.21. The number of benzene rings is 1. The Kier molecular flexibility index (Phi) is 9.19. The van der Waals surface area contributed by atoms with Crippen LogP contribution in [-0.4, -0.2) is 76.5 Å². The minimum absolute atomic E-state index is 0.0595. The van der Waals surface area contributed by atoms with E-state index in [9.17, 15) is 4.79 Å². The molecular formula is C21H31NO6. The van der Waals surface area contributed by atoms with Crippen LogP contribution < -0.4 is 0 Å². The van der Waals surface area contributed by atoms with Crippen LogP contribution in [0.1, 0.15) is 35.2 Å². The molecule has 0 aromatic heterocycles. The van der Waals surface area contributed by atoms with Gasteiger partial charge in [-0.1, -0.05) is 18.2 Å². The van der Waals surface area contributed by atoms with Crippen LogP contribution in [-0.2, 0) is 30.2 Å². The van der Waals surface area contributed by atoms with Gasteiger partial charge in [-0.3, -0.25) is 4.79 Å². The Balaban J connectivity index is 1.09. The topological polar surface area (TPSA) is 66.5 Å². The number of amides is 1. The van der Waals surface area contributed by atoms with Crippen LogP contribution in [0, 0.1) is 0 Å². The summed E-state index contributed by atoms with van der Waals surface area (Å²) in [5.41, 5.74) is 1.90. The highest BCUT2D eigenvalue weighted by molar-refractivity contribution is 5.98. The van der Waals surface area contributed by atoms with Crippen molar-refractivity contribution in [3.63, 3.8) is 0 Å². The number of ether oxygens (including phenoxy) is 5. The molecule has 7 nitrogen and oxygen atoms in total. The van der Waals surface area contributed by atoms with Gasteiger partial charge in [0.05, 0.1) is 46.2 Å². The first-order chi connectivity index (χ1) is 13.8. The van der Waals surface area contributed by atoms with Gasteiger partial charge < -0.3 is 28.6 Å². The SMILES string of the molecule is O=C1c2ccccc2CN1CCOCCOCCOCCOC1CCCCO1. The molecule has 0 spiro atoms. The number of hydrogen-bond donors (Lipinski definition) is 0. The molecule has 156 valence electrons. The standard InChI is InChI=1S/C21H31NO6/c23-21-19-6-2-1-5-18(19)17-22(21)8-10-24-11-12-25-13-14-26-15-16-28-20-7-3-4-9-27-20/h1-2,5-6,20H,3-4,7-17H2. The van der Waals surface area contributed by atoms with Gasteiger partial charge in [-0.2, -0.15) is 0 Å². The summed E-state index contributed by atoms with van der Waals surface area (Å²) in [4.78, 5) is 14.0. The Labute approximate surface area is 166 Å². The highest BCUT2D eigenvalue weighted by Gasteiger charge is 2.26. The number of nitrogens with zero attached hydrogens (tertiary/aromatic N) is 1. The largest absolute Gasteiger partial charge is 0.377 e. The third-order valence-electron chi connectivity index (χ3n) is 4.82. The van der Waals surface area contributed by atoms with Crippen LogP contribution in [0.2, 0.25) is 0 Å². The molecule has 2 aliphatic heterocycles. The van der Waals surface area contributed by atoms with E-state index in [2.05, 4.69) is 0 Å². The average Bonchev–Trinajstić information content (AvgIpc) is 3.05. The maximum Gasteiger partial charge on any atom is 0.254 e. The lowest BCUT2D eigenvalue weighted by atomic mass is 10.1. The van der Waals surface area contributed by atoms with Crippen LogP contribution in [0.25, 0.3) is 0 Å². The Morgan fingerprint density at radius 2 is 1.64 bits per heavy atom. The number of carbonyl (C=O) groups is 1. The average molecular weight is 393 g/mol. The molecule has 0 bridgehead atoms. The Morgan fingerprint density at radius 3 is 2.36 bits per heavy atom. The normalized spacial score (nSPS) is 19.2. The fourth-order valence-corrected chi connectivity index (χ4v) is 3.29. The molecule has 1 amide bonds. The van der Waals surface area contributed by atoms with E-state index >= 15 is 0 Å². The van der Waals surface area contributed by atoms with E-state index in [1.54, 1.807) is 0 Å². The summed E-state index contributed by atoms with van der Waals surface area (Å²) in [5, 5.41) is 0. The fraction of sp³-hybridized carbons (Fsp3) is 0.667. The van der Waals surface area contributed by atoms with Crippen LogP contribution in [0.15, 0.2) is 24.3 Å². The number of carbonyl (C=O) groups excluding carboxylic acids is 1. The van der Waals surface area contributed by atoms with Crippen molar-refractivity contribution in [3.8, 4) is 0 Å². The molecule has 28 heavy (non-hydrogen) atoms. The van der Waals surface area contributed by atoms with Crippen molar-refractivity contribution in [2.45, 2.75) is 32.1 Å². The summed E-state index contributed by atoms with van der Waals surface area (Å²) < 4.78 is 27.6. The zero-order valence-electron chi connectivity index (χ0n) is 16.5. The molecule has 0 aliphatic carbocycles. The number of rotatable bonds is 13. The van der Waals surface area contributed by atoms with E-state index in [1.807, 2.05) is 29.2 Å². The Hall–Kier alpha value is -1.51. The first kappa shape index (κ1) is 21.2. The van der Waals surface area contributed by atoms with Crippen molar-refractivity contribution in [2.24, 2.45) is 0 Å². The molecule has 1 fully saturated rings. The van der Waals surface area contributed by atoms with E-state index in [4.69, 9.17) is 23.7 Å². The Bertz CT molecular complexity index is 590. The maximum absolute atomic E-state index is 12.2. The monoisotopic (exact) mass is 393 g/mol. The van der Waals surface area contributed by atoms with Gasteiger partial charge in [-0.05, 0) is 30.9 Å². The minimum atomic E-state index is -0.0595. The van der Waals surface area contributed by atoms with E-state index in [0.717, 1.165) is 30.6 Å². The summed E-state index contributed by atoms with van der Waals surface area (Å²) in [6.45, 7) is 5.77. The van der Waals surface area contributed by atoms with Crippen LogP contribution >= 0.6 is 0 Å². The predicted molar refractivity (Wildman–Crippen MR) is 103 cm³/mol. The third-order valence-corrected chi connectivity index (χ3v) is 4.82. The van der Waals surface area contributed by atoms with E-state index < -0.39 is 0 Å². The second-order valence-electron chi connectivity index (χ2n) is 6.89. The molecule has 2 heterocycles. The molecule has 1 aromatic carbocycles. The van der Waals surface area contributed by atoms with Gasteiger partial charge in [0.2, 0.25) is 0 Å². The fourth-order valence-electron chi connectivity index (χ4n) is 3.29. The first-order valence-corrected chi connectivity index (χ1v) is 10.2. The van der Waals surface area contributed by atoms with Gasteiger partial charge in [0.25, 0.3) is 5.91 Å². The van der Waals surface area contributed by atoms with Crippen molar-refractivity contribution in [3.05, 3.63) is 35.4 Å². The van der Waals surface area contributed by atoms with Crippen LogP contribution in [0.4, 0.5) is 0 Å². The van der Waals surface area contributed by atoms with Crippen molar-refractivity contribution >= 4 is 5.91 Å². The lowest BCUT2D eigenvalue weighted by molar-refractivity contribution is -0.169. The number of hydrogen-bond acceptors (Lipinski definition) is 6. The zero-order chi connectivity index (χ0) is 19.4. The summed E-state index contributed by atoms with van der Waals surface area (Å²) in [6, 6.07) is 7.74. The second kappa shape index (κ2) is 12.1. The summed E-state index contributed by atoms with van der Waals surface area (Å²) in [7, 11) is 0. The molecule has 1 unspecified atom stereocenters. The van der Waals surface area contributed by atoms with Gasteiger partial charge >= 0.3 is 0 Å². The molecular weight excluding hydrogens is 362 g/mol. The predicted octanol–water partition coefficient (Wildman–Crippen LogP) is 2.24. The van der Waals surface area contributed by atoms with Gasteiger partial charge in [0.1, 0.15) is 0 Å². The maximum atomic E-state index is 12.2. The lowest BCUT2D eigenvalue weighted by Crippen LogP contribution is -2.28. The molecule has 7 heteroatoms. The molecule has 1 saturated heterocycles. The van der Waals surface area contributed by atoms with Crippen LogP contribution in [0.5, 0.6) is 0 Å². The van der Waals surface area contributed by atoms with E-state index in [0.29, 0.717) is 59.3 Å². The second-order valence-corrected chi connectivity index (χ2v) is 6.89. The van der Waals surface area contributed by atoms with E-state index in [-0.39, 0.29) is 12.2 Å². The van der Waals surface area contributed by atoms with Crippen molar-refractivity contribution in [2.75, 3.05) is 59.4 Å². The van der Waals surface area contributed by atoms with Crippen molar-refractivity contribution in [1.29, 1.82) is 0 Å². The lowest BCUT2D eigenvalue weighted by Gasteiger charge is -2.22. The van der Waals surface area contributed by atoms with Gasteiger partial charge in [0, 0.05) is 25.3 Å². The highest BCUT2D eigenvalue weighted by Crippen LogP contribution is 2.21. The molecule has 3 rings (SSSR count). The third kappa shape index (κ3) is 6.83. The molecule has 0 saturated carbocycles. The van der Waals surface area contributed by atoms with E-state index in [1.165, 1.54) is 6.42 Å². The summed E-state index contributed by atoms with van der Waals surface area (Å²) >= 11 is 0. The minimum Gasteiger partial charge on any atom is -0.377 e. The number of fused-ring (bicyclic) bond motifs is 1. The molecule has 1 aromatic rings. The van der Waals surface area contributed by atoms with Gasteiger partial charge in [-0.15, -0.1) is 0 Å². The first-order valence-electron chi connectivity index (χ1n) is 10.2. The molecule has 0 N–H and O–H groups in total. The van der Waals surface area contributed by atoms with Crippen LogP contribution in [0.3, 0.4) is 0 Å². The highest BCUT2D eigenvalue weighted by atomic mass is 16.7. The summed E-state index contributed by atoms with van der Waals surface area (Å²) in [5.74, 6) is 0.0895. The molecule has 0 radical (unpaired) electrons. The zero-order valence-corrected chi connectivity index (χ0v) is 16.5. The molecule has 1 atom stereocenters. The van der Waals surface area contributed by atoms with Crippen molar-refractivity contribution in [1.82, 2.24) is 4.90 Å². The Morgan fingerprint density at radius 1 is 0.929 bits per heavy atom. The van der Waals surface area contributed by atoms with Crippen molar-refractivity contribution < 1.29 is 28.5 Å². The van der Waals surface area contributed by atoms with Gasteiger partial charge in [0.15, 0.2) is 6.29 Å². The smallest absolute Gasteiger partial charge is 0.254 e.